The summed E-state index contributed by atoms with van der Waals surface area (Å²) in [7, 11) is 0. The van der Waals surface area contributed by atoms with E-state index in [0.29, 0.717) is 12.8 Å². The summed E-state index contributed by atoms with van der Waals surface area (Å²) >= 11 is 0. The Morgan fingerprint density at radius 1 is 0.917 bits per heavy atom. The number of hydrogen-bond acceptors (Lipinski definition) is 1. The molecule has 0 bridgehead atoms. The minimum absolute atomic E-state index is 0. The Morgan fingerprint density at radius 2 is 1.50 bits per heavy atom. The average molecular weight is 198 g/mol. The molecule has 0 atom stereocenters. The number of nitrogens with one attached hydrogen (secondary N) is 1. The molecule has 1 nitrogen and oxygen atoms in total. The Morgan fingerprint density at radius 3 is 1.75 bits per heavy atom. The highest BCUT2D eigenvalue weighted by molar-refractivity contribution is 5.85. The second kappa shape index (κ2) is 3.11. The van der Waals surface area contributed by atoms with Gasteiger partial charge in [0.15, 0.2) is 0 Å². The van der Waals surface area contributed by atoms with E-state index in [0.717, 1.165) is 19.5 Å². The minimum Gasteiger partial charge on any atom is -0.317 e. The number of piperidine rings is 1. The highest BCUT2D eigenvalue weighted by Crippen LogP contribution is 2.58. The Kier molecular flexibility index (Phi) is 2.64. The molecule has 0 amide bonds. The molecule has 1 aliphatic carbocycles. The first-order chi connectivity index (χ1) is 5.16. The summed E-state index contributed by atoms with van der Waals surface area (Å²) in [5.74, 6) is -2.35. The summed E-state index contributed by atoms with van der Waals surface area (Å²) in [6, 6.07) is 0. The van der Waals surface area contributed by atoms with Crippen LogP contribution < -0.4 is 5.32 Å². The molecule has 1 spiro atoms. The second-order valence-electron chi connectivity index (χ2n) is 3.73. The third-order valence-corrected chi connectivity index (χ3v) is 3.25. The van der Waals surface area contributed by atoms with Gasteiger partial charge in [-0.1, -0.05) is 0 Å². The van der Waals surface area contributed by atoms with Crippen molar-refractivity contribution < 1.29 is 8.78 Å². The van der Waals surface area contributed by atoms with Crippen LogP contribution in [0.1, 0.15) is 25.7 Å². The van der Waals surface area contributed by atoms with Gasteiger partial charge in [0.2, 0.25) is 0 Å². The van der Waals surface area contributed by atoms with Gasteiger partial charge >= 0.3 is 0 Å². The van der Waals surface area contributed by atoms with Crippen LogP contribution in [0.5, 0.6) is 0 Å². The van der Waals surface area contributed by atoms with E-state index in [-0.39, 0.29) is 18.8 Å². The largest absolute Gasteiger partial charge is 0.317 e. The third-order valence-electron chi connectivity index (χ3n) is 3.25. The number of hydrogen-bond donors (Lipinski definition) is 1. The summed E-state index contributed by atoms with van der Waals surface area (Å²) in [6.45, 7) is 1.55. The maximum Gasteiger partial charge on any atom is 0.253 e. The lowest BCUT2D eigenvalue weighted by molar-refractivity contribution is -0.212. The quantitative estimate of drug-likeness (QED) is 0.628. The van der Waals surface area contributed by atoms with E-state index in [1.807, 2.05) is 0 Å². The van der Waals surface area contributed by atoms with Crippen molar-refractivity contribution in [2.45, 2.75) is 31.6 Å². The summed E-state index contributed by atoms with van der Waals surface area (Å²) in [6.07, 6.45) is 2.19. The zero-order chi connectivity index (χ0) is 7.95. The van der Waals surface area contributed by atoms with Crippen LogP contribution in [0.2, 0.25) is 0 Å². The van der Waals surface area contributed by atoms with E-state index in [1.165, 1.54) is 0 Å². The highest BCUT2D eigenvalue weighted by Gasteiger charge is 2.60. The molecule has 12 heavy (non-hydrogen) atoms. The van der Waals surface area contributed by atoms with E-state index >= 15 is 0 Å². The molecule has 0 unspecified atom stereocenters. The minimum atomic E-state index is -2.35. The molecule has 0 aromatic heterocycles. The predicted octanol–water partition coefficient (Wildman–Crippen LogP) is 2.21. The maximum absolute atomic E-state index is 13.1. The van der Waals surface area contributed by atoms with Crippen molar-refractivity contribution in [1.29, 1.82) is 0 Å². The fourth-order valence-corrected chi connectivity index (χ4v) is 2.19. The standard InChI is InChI=1S/C8H13F2N.ClH/c9-8(10)2-1-7(8)3-5-11-6-4-7;/h11H,1-6H2;1H. The molecule has 2 aliphatic rings. The highest BCUT2D eigenvalue weighted by atomic mass is 35.5. The van der Waals surface area contributed by atoms with E-state index in [4.69, 9.17) is 0 Å². The molecule has 0 radical (unpaired) electrons. The van der Waals surface area contributed by atoms with Gasteiger partial charge in [0.1, 0.15) is 0 Å². The topological polar surface area (TPSA) is 12.0 Å². The Labute approximate surface area is 77.3 Å². The summed E-state index contributed by atoms with van der Waals surface area (Å²) < 4.78 is 26.1. The van der Waals surface area contributed by atoms with E-state index in [2.05, 4.69) is 5.32 Å². The van der Waals surface area contributed by atoms with Crippen LogP contribution in [0.4, 0.5) is 8.78 Å². The molecular formula is C8H14ClF2N. The zero-order valence-electron chi connectivity index (χ0n) is 6.91. The molecule has 4 heteroatoms. The maximum atomic E-state index is 13.1. The number of rotatable bonds is 0. The predicted molar refractivity (Wildman–Crippen MR) is 46.0 cm³/mol. The van der Waals surface area contributed by atoms with Crippen LogP contribution in [-0.4, -0.2) is 19.0 Å². The smallest absolute Gasteiger partial charge is 0.253 e. The monoisotopic (exact) mass is 197 g/mol. The first-order valence-corrected chi connectivity index (χ1v) is 4.25. The lowest BCUT2D eigenvalue weighted by Gasteiger charge is -2.51. The van der Waals surface area contributed by atoms with Crippen molar-refractivity contribution in [3.05, 3.63) is 0 Å². The van der Waals surface area contributed by atoms with Crippen molar-refractivity contribution in [2.24, 2.45) is 5.41 Å². The fraction of sp³-hybridized carbons (Fsp3) is 1.00. The van der Waals surface area contributed by atoms with Crippen LogP contribution >= 0.6 is 12.4 Å². The van der Waals surface area contributed by atoms with Crippen LogP contribution in [-0.2, 0) is 0 Å². The second-order valence-corrected chi connectivity index (χ2v) is 3.73. The van der Waals surface area contributed by atoms with Crippen molar-refractivity contribution >= 4 is 12.4 Å². The first-order valence-electron chi connectivity index (χ1n) is 4.25. The molecule has 0 aromatic rings. The van der Waals surface area contributed by atoms with Crippen molar-refractivity contribution in [3.8, 4) is 0 Å². The molecular weight excluding hydrogens is 184 g/mol. The Bertz CT molecular complexity index is 166. The summed E-state index contributed by atoms with van der Waals surface area (Å²) in [5.41, 5.74) is -0.599. The molecule has 72 valence electrons. The Balaban J connectivity index is 0.000000720. The van der Waals surface area contributed by atoms with Gasteiger partial charge in [-0.15, -0.1) is 12.4 Å². The molecule has 1 aliphatic heterocycles. The SMILES string of the molecule is Cl.FC1(F)CCC12CCNCC2. The van der Waals surface area contributed by atoms with Crippen molar-refractivity contribution in [2.75, 3.05) is 13.1 Å². The molecule has 1 saturated heterocycles. The van der Waals surface area contributed by atoms with Gasteiger partial charge in [0.05, 0.1) is 0 Å². The van der Waals surface area contributed by atoms with Gasteiger partial charge in [0, 0.05) is 11.8 Å². The molecule has 0 aromatic carbocycles. The van der Waals surface area contributed by atoms with Crippen LogP contribution in [0.3, 0.4) is 0 Å². The fourth-order valence-electron chi connectivity index (χ4n) is 2.19. The molecule has 1 heterocycles. The van der Waals surface area contributed by atoms with Crippen LogP contribution in [0.25, 0.3) is 0 Å². The lowest BCUT2D eigenvalue weighted by atomic mass is 9.60. The number of halogens is 3. The van der Waals surface area contributed by atoms with Gasteiger partial charge in [-0.3, -0.25) is 0 Å². The molecule has 1 saturated carbocycles. The van der Waals surface area contributed by atoms with Gasteiger partial charge in [-0.2, -0.15) is 0 Å². The van der Waals surface area contributed by atoms with Gasteiger partial charge < -0.3 is 5.32 Å². The molecule has 1 N–H and O–H groups in total. The molecule has 2 rings (SSSR count). The average Bonchev–Trinajstić information content (AvgIpc) is 2.04. The summed E-state index contributed by atoms with van der Waals surface area (Å²) in [5, 5.41) is 3.11. The van der Waals surface area contributed by atoms with E-state index in [9.17, 15) is 8.78 Å². The van der Waals surface area contributed by atoms with Crippen molar-refractivity contribution in [1.82, 2.24) is 5.32 Å². The van der Waals surface area contributed by atoms with Gasteiger partial charge in [0.25, 0.3) is 5.92 Å². The molecule has 2 fully saturated rings. The first kappa shape index (κ1) is 10.2. The normalized spacial score (nSPS) is 30.5. The van der Waals surface area contributed by atoms with E-state index in [1.54, 1.807) is 0 Å². The zero-order valence-corrected chi connectivity index (χ0v) is 7.72. The van der Waals surface area contributed by atoms with Crippen LogP contribution in [0.15, 0.2) is 0 Å². The van der Waals surface area contributed by atoms with E-state index < -0.39 is 11.3 Å². The third kappa shape index (κ3) is 1.23. The summed E-state index contributed by atoms with van der Waals surface area (Å²) in [4.78, 5) is 0. The van der Waals surface area contributed by atoms with Gasteiger partial charge in [-0.25, -0.2) is 8.78 Å². The Hall–Kier alpha value is 0.110. The van der Waals surface area contributed by atoms with Crippen LogP contribution in [0, 0.1) is 5.41 Å². The van der Waals surface area contributed by atoms with Crippen molar-refractivity contribution in [3.63, 3.8) is 0 Å². The van der Waals surface area contributed by atoms with Gasteiger partial charge in [-0.05, 0) is 32.4 Å². The number of alkyl halides is 2. The lowest BCUT2D eigenvalue weighted by Crippen LogP contribution is -2.55.